The maximum Gasteiger partial charge on any atom is 0.231 e. The summed E-state index contributed by atoms with van der Waals surface area (Å²) in [5, 5.41) is 4.15. The van der Waals surface area contributed by atoms with E-state index in [0.717, 1.165) is 51.5 Å². The first-order valence-electron chi connectivity index (χ1n) is 9.72. The van der Waals surface area contributed by atoms with Crippen molar-refractivity contribution in [1.29, 1.82) is 0 Å². The highest BCUT2D eigenvalue weighted by Crippen LogP contribution is 2.26. The van der Waals surface area contributed by atoms with Crippen LogP contribution in [0.5, 0.6) is 0 Å². The maximum absolute atomic E-state index is 12.3. The summed E-state index contributed by atoms with van der Waals surface area (Å²) in [6, 6.07) is 10.3. The summed E-state index contributed by atoms with van der Waals surface area (Å²) < 4.78 is 10.9. The highest BCUT2D eigenvalue weighted by atomic mass is 16.5. The number of carbonyl (C=O) groups excluding carboxylic acids is 1. The molecule has 2 aliphatic rings. The van der Waals surface area contributed by atoms with E-state index in [9.17, 15) is 4.79 Å². The smallest absolute Gasteiger partial charge is 0.231 e. The Balaban J connectivity index is 1.34. The highest BCUT2D eigenvalue weighted by Gasteiger charge is 2.30. The van der Waals surface area contributed by atoms with Crippen LogP contribution < -0.4 is 0 Å². The van der Waals surface area contributed by atoms with E-state index in [1.54, 1.807) is 0 Å². The fourth-order valence-electron chi connectivity index (χ4n) is 3.70. The minimum Gasteiger partial charge on any atom is -0.379 e. The number of nitrogens with zero attached hydrogens (tertiary/aromatic N) is 4. The zero-order valence-electron chi connectivity index (χ0n) is 15.5. The molecule has 0 bridgehead atoms. The first kappa shape index (κ1) is 18.1. The molecule has 0 aliphatic carbocycles. The van der Waals surface area contributed by atoms with Gasteiger partial charge in [-0.1, -0.05) is 35.5 Å². The Morgan fingerprint density at radius 2 is 1.96 bits per heavy atom. The van der Waals surface area contributed by atoms with Gasteiger partial charge in [-0.15, -0.1) is 0 Å². The average Bonchev–Trinajstić information content (AvgIpc) is 3.17. The molecule has 7 nitrogen and oxygen atoms in total. The molecule has 1 unspecified atom stereocenters. The van der Waals surface area contributed by atoms with Gasteiger partial charge in [0.25, 0.3) is 0 Å². The largest absolute Gasteiger partial charge is 0.379 e. The number of aromatic nitrogens is 2. The molecule has 27 heavy (non-hydrogen) atoms. The number of benzene rings is 1. The van der Waals surface area contributed by atoms with E-state index in [-0.39, 0.29) is 11.8 Å². The molecular formula is C20H26N4O3. The molecule has 4 rings (SSSR count). The Kier molecular flexibility index (Phi) is 5.79. The van der Waals surface area contributed by atoms with Crippen LogP contribution in [0.3, 0.4) is 0 Å². The molecule has 2 saturated heterocycles. The minimum absolute atomic E-state index is 0.129. The standard InChI is InChI=1S/C20H26N4O3/c25-19-7-6-17(14-24(19)9-8-16-4-2-1-3-5-16)20-21-18(22-27-20)15-23-10-12-26-13-11-23/h1-5,17H,6-15H2. The van der Waals surface area contributed by atoms with Gasteiger partial charge in [0.15, 0.2) is 5.82 Å². The summed E-state index contributed by atoms with van der Waals surface area (Å²) >= 11 is 0. The number of piperidine rings is 1. The predicted octanol–water partition coefficient (Wildman–Crippen LogP) is 1.85. The van der Waals surface area contributed by atoms with Crippen molar-refractivity contribution >= 4 is 5.91 Å². The lowest BCUT2D eigenvalue weighted by Crippen LogP contribution is -2.40. The van der Waals surface area contributed by atoms with Crippen LogP contribution in [0.2, 0.25) is 0 Å². The summed E-state index contributed by atoms with van der Waals surface area (Å²) in [5.41, 5.74) is 1.25. The second-order valence-corrected chi connectivity index (χ2v) is 7.25. The van der Waals surface area contributed by atoms with Crippen molar-refractivity contribution in [2.75, 3.05) is 39.4 Å². The third-order valence-electron chi connectivity index (χ3n) is 5.32. The summed E-state index contributed by atoms with van der Waals surface area (Å²) in [6.07, 6.45) is 2.19. The fraction of sp³-hybridized carbons (Fsp3) is 0.550. The molecule has 0 radical (unpaired) electrons. The van der Waals surface area contributed by atoms with E-state index in [1.165, 1.54) is 5.56 Å². The minimum atomic E-state index is 0.129. The van der Waals surface area contributed by atoms with Crippen molar-refractivity contribution in [2.45, 2.75) is 31.7 Å². The molecule has 2 aromatic rings. The maximum atomic E-state index is 12.3. The quantitative estimate of drug-likeness (QED) is 0.773. The average molecular weight is 370 g/mol. The molecule has 0 spiro atoms. The van der Waals surface area contributed by atoms with E-state index < -0.39 is 0 Å². The van der Waals surface area contributed by atoms with Crippen LogP contribution in [-0.4, -0.2) is 65.2 Å². The monoisotopic (exact) mass is 370 g/mol. The highest BCUT2D eigenvalue weighted by molar-refractivity contribution is 5.77. The van der Waals surface area contributed by atoms with Gasteiger partial charge in [0.2, 0.25) is 11.8 Å². The van der Waals surface area contributed by atoms with E-state index in [1.807, 2.05) is 23.1 Å². The molecule has 144 valence electrons. The SMILES string of the molecule is O=C1CCC(c2nc(CN3CCOCC3)no2)CN1CCc1ccccc1. The topological polar surface area (TPSA) is 71.7 Å². The number of morpholine rings is 1. The van der Waals surface area contributed by atoms with Gasteiger partial charge in [-0.2, -0.15) is 4.98 Å². The Bertz CT molecular complexity index is 743. The number of hydrogen-bond donors (Lipinski definition) is 0. The molecule has 1 amide bonds. The molecular weight excluding hydrogens is 344 g/mol. The molecule has 1 aromatic carbocycles. The summed E-state index contributed by atoms with van der Waals surface area (Å²) in [5.74, 6) is 1.73. The lowest BCUT2D eigenvalue weighted by atomic mass is 9.97. The predicted molar refractivity (Wildman–Crippen MR) is 99.1 cm³/mol. The third kappa shape index (κ3) is 4.73. The number of likely N-dealkylation sites (tertiary alicyclic amines) is 1. The normalized spacial score (nSPS) is 21.6. The van der Waals surface area contributed by atoms with E-state index in [4.69, 9.17) is 9.26 Å². The molecule has 2 aliphatic heterocycles. The number of carbonyl (C=O) groups is 1. The zero-order valence-corrected chi connectivity index (χ0v) is 15.5. The molecule has 0 saturated carbocycles. The van der Waals surface area contributed by atoms with Crippen molar-refractivity contribution in [3.8, 4) is 0 Å². The van der Waals surface area contributed by atoms with E-state index >= 15 is 0 Å². The van der Waals surface area contributed by atoms with Crippen molar-refractivity contribution in [1.82, 2.24) is 19.9 Å². The number of ether oxygens (including phenoxy) is 1. The Hall–Kier alpha value is -2.25. The second kappa shape index (κ2) is 8.63. The van der Waals surface area contributed by atoms with Gasteiger partial charge < -0.3 is 14.2 Å². The van der Waals surface area contributed by atoms with Crippen molar-refractivity contribution in [3.05, 3.63) is 47.6 Å². The van der Waals surface area contributed by atoms with Crippen LogP contribution in [0.25, 0.3) is 0 Å². The van der Waals surface area contributed by atoms with Crippen LogP contribution in [0, 0.1) is 0 Å². The molecule has 1 aromatic heterocycles. The lowest BCUT2D eigenvalue weighted by Gasteiger charge is -2.31. The second-order valence-electron chi connectivity index (χ2n) is 7.25. The number of amides is 1. The van der Waals surface area contributed by atoms with Crippen LogP contribution in [-0.2, 0) is 22.5 Å². The fourth-order valence-corrected chi connectivity index (χ4v) is 3.70. The lowest BCUT2D eigenvalue weighted by molar-refractivity contribution is -0.133. The summed E-state index contributed by atoms with van der Waals surface area (Å²) in [4.78, 5) is 21.1. The number of hydrogen-bond acceptors (Lipinski definition) is 6. The molecule has 3 heterocycles. The zero-order chi connectivity index (χ0) is 18.5. The van der Waals surface area contributed by atoms with Crippen molar-refractivity contribution in [3.63, 3.8) is 0 Å². The van der Waals surface area contributed by atoms with E-state index in [0.29, 0.717) is 25.4 Å². The van der Waals surface area contributed by atoms with Crippen molar-refractivity contribution in [2.24, 2.45) is 0 Å². The molecule has 2 fully saturated rings. The van der Waals surface area contributed by atoms with E-state index in [2.05, 4.69) is 27.2 Å². The Morgan fingerprint density at radius 3 is 2.78 bits per heavy atom. The van der Waals surface area contributed by atoms with Gasteiger partial charge in [0.1, 0.15) is 0 Å². The Labute approximate surface area is 159 Å². The summed E-state index contributed by atoms with van der Waals surface area (Å²) in [7, 11) is 0. The van der Waals surface area contributed by atoms with Crippen LogP contribution in [0.4, 0.5) is 0 Å². The van der Waals surface area contributed by atoms with Gasteiger partial charge in [-0.05, 0) is 18.4 Å². The first-order chi connectivity index (χ1) is 13.3. The van der Waals surface area contributed by atoms with Gasteiger partial charge >= 0.3 is 0 Å². The first-order valence-corrected chi connectivity index (χ1v) is 9.72. The summed E-state index contributed by atoms with van der Waals surface area (Å²) in [6.45, 7) is 5.39. The Morgan fingerprint density at radius 1 is 1.15 bits per heavy atom. The van der Waals surface area contributed by atoms with Gasteiger partial charge in [-0.3, -0.25) is 9.69 Å². The molecule has 0 N–H and O–H groups in total. The molecule has 7 heteroatoms. The van der Waals surface area contributed by atoms with Crippen LogP contribution in [0.1, 0.15) is 36.0 Å². The van der Waals surface area contributed by atoms with Gasteiger partial charge in [-0.25, -0.2) is 0 Å². The van der Waals surface area contributed by atoms with Crippen molar-refractivity contribution < 1.29 is 14.1 Å². The number of rotatable bonds is 6. The van der Waals surface area contributed by atoms with Gasteiger partial charge in [0.05, 0.1) is 25.7 Å². The molecule has 1 atom stereocenters. The van der Waals surface area contributed by atoms with Gasteiger partial charge in [0, 0.05) is 32.6 Å². The third-order valence-corrected chi connectivity index (χ3v) is 5.32. The van der Waals surface area contributed by atoms with Crippen LogP contribution in [0.15, 0.2) is 34.9 Å². The van der Waals surface area contributed by atoms with Crippen LogP contribution >= 0.6 is 0 Å².